The number of para-hydroxylation sites is 1. The number of aryl methyl sites for hydroxylation is 1. The van der Waals surface area contributed by atoms with Crippen LogP contribution in [0.1, 0.15) is 37.8 Å². The van der Waals surface area contributed by atoms with Crippen molar-refractivity contribution >= 4 is 28.4 Å². The molecular weight excluding hydrogens is 404 g/mol. The minimum absolute atomic E-state index is 0.191. The Morgan fingerprint density at radius 2 is 1.94 bits per heavy atom. The van der Waals surface area contributed by atoms with Crippen LogP contribution in [0.25, 0.3) is 10.9 Å². The van der Waals surface area contributed by atoms with E-state index in [1.165, 1.54) is 18.7 Å². The molecule has 2 N–H and O–H groups in total. The number of hydrogen-bond donors (Lipinski definition) is 2. The number of piperazine rings is 1. The molecule has 3 fully saturated rings. The molecular formula is C24H34N6O2. The van der Waals surface area contributed by atoms with Crippen molar-refractivity contribution in [3.8, 4) is 0 Å². The van der Waals surface area contributed by atoms with Crippen LogP contribution in [-0.2, 0) is 16.6 Å². The first-order valence-electron chi connectivity index (χ1n) is 12.0. The maximum Gasteiger partial charge on any atom is 0.235 e. The number of nitrogens with zero attached hydrogens (tertiary/aromatic N) is 4. The third kappa shape index (κ3) is 4.01. The van der Waals surface area contributed by atoms with Crippen molar-refractivity contribution in [1.29, 1.82) is 0 Å². The van der Waals surface area contributed by atoms with Crippen LogP contribution in [0.4, 0.5) is 5.69 Å². The fraction of sp³-hybridized carbons (Fsp3) is 0.625. The molecule has 8 nitrogen and oxygen atoms in total. The maximum absolute atomic E-state index is 12.5. The van der Waals surface area contributed by atoms with Crippen molar-refractivity contribution in [2.75, 3.05) is 50.7 Å². The highest BCUT2D eigenvalue weighted by atomic mass is 16.2. The summed E-state index contributed by atoms with van der Waals surface area (Å²) in [5.41, 5.74) is 3.05. The second-order valence-corrected chi connectivity index (χ2v) is 9.70. The number of amides is 2. The van der Waals surface area contributed by atoms with E-state index in [0.717, 1.165) is 67.7 Å². The molecule has 2 amide bonds. The van der Waals surface area contributed by atoms with Crippen LogP contribution in [0.5, 0.6) is 0 Å². The molecule has 1 aromatic heterocycles. The van der Waals surface area contributed by atoms with Gasteiger partial charge in [-0.2, -0.15) is 5.10 Å². The lowest BCUT2D eigenvalue weighted by Crippen LogP contribution is -2.50. The summed E-state index contributed by atoms with van der Waals surface area (Å²) < 4.78 is 1.91. The largest absolute Gasteiger partial charge is 0.367 e. The molecule has 0 saturated carbocycles. The van der Waals surface area contributed by atoms with Gasteiger partial charge in [-0.25, -0.2) is 0 Å². The van der Waals surface area contributed by atoms with E-state index >= 15 is 0 Å². The number of carbonyl (C=O) groups is 2. The quantitative estimate of drug-likeness (QED) is 0.704. The summed E-state index contributed by atoms with van der Waals surface area (Å²) in [6.07, 6.45) is 2.17. The van der Waals surface area contributed by atoms with Crippen LogP contribution in [0, 0.1) is 11.8 Å². The van der Waals surface area contributed by atoms with Gasteiger partial charge in [0.15, 0.2) is 0 Å². The van der Waals surface area contributed by atoms with Crippen molar-refractivity contribution in [2.45, 2.75) is 32.1 Å². The van der Waals surface area contributed by atoms with Gasteiger partial charge < -0.3 is 10.2 Å². The Hall–Kier alpha value is -2.45. The predicted octanol–water partition coefficient (Wildman–Crippen LogP) is 1.46. The number of fused-ring (bicyclic) bond motifs is 1. The molecule has 8 heteroatoms. The van der Waals surface area contributed by atoms with E-state index in [4.69, 9.17) is 5.10 Å². The van der Waals surface area contributed by atoms with E-state index in [9.17, 15) is 9.59 Å². The van der Waals surface area contributed by atoms with Gasteiger partial charge in [0.25, 0.3) is 0 Å². The lowest BCUT2D eigenvalue weighted by molar-refractivity contribution is -0.134. The van der Waals surface area contributed by atoms with Gasteiger partial charge in [-0.15, -0.1) is 0 Å². The lowest BCUT2D eigenvalue weighted by Gasteiger charge is -2.40. The van der Waals surface area contributed by atoms with Gasteiger partial charge in [0.1, 0.15) is 0 Å². The van der Waals surface area contributed by atoms with Crippen LogP contribution in [0.3, 0.4) is 0 Å². The zero-order valence-electron chi connectivity index (χ0n) is 19.1. The van der Waals surface area contributed by atoms with Gasteiger partial charge in [-0.1, -0.05) is 19.1 Å². The second kappa shape index (κ2) is 8.83. The fourth-order valence-electron chi connectivity index (χ4n) is 5.65. The highest BCUT2D eigenvalue weighted by Gasteiger charge is 2.32. The number of nitrogens with one attached hydrogen (secondary N) is 2. The van der Waals surface area contributed by atoms with E-state index in [1.54, 1.807) is 0 Å². The van der Waals surface area contributed by atoms with Crippen LogP contribution < -0.4 is 15.5 Å². The van der Waals surface area contributed by atoms with Crippen LogP contribution in [-0.4, -0.2) is 72.3 Å². The van der Waals surface area contributed by atoms with E-state index in [-0.39, 0.29) is 17.7 Å². The van der Waals surface area contributed by atoms with E-state index in [2.05, 4.69) is 45.6 Å². The summed E-state index contributed by atoms with van der Waals surface area (Å²) in [4.78, 5) is 29.1. The predicted molar refractivity (Wildman–Crippen MR) is 125 cm³/mol. The van der Waals surface area contributed by atoms with Gasteiger partial charge in [-0.3, -0.25) is 24.5 Å². The molecule has 0 spiro atoms. The van der Waals surface area contributed by atoms with Gasteiger partial charge >= 0.3 is 0 Å². The highest BCUT2D eigenvalue weighted by molar-refractivity contribution is 6.03. The van der Waals surface area contributed by atoms with Crippen LogP contribution >= 0.6 is 0 Å². The molecule has 1 unspecified atom stereocenters. The van der Waals surface area contributed by atoms with Gasteiger partial charge in [0.05, 0.1) is 22.8 Å². The molecule has 172 valence electrons. The molecule has 5 rings (SSSR count). The summed E-state index contributed by atoms with van der Waals surface area (Å²) >= 11 is 0. The lowest BCUT2D eigenvalue weighted by atomic mass is 9.87. The van der Waals surface area contributed by atoms with Gasteiger partial charge in [-0.05, 0) is 43.8 Å². The number of carbonyl (C=O) groups excluding carboxylic acids is 2. The zero-order valence-corrected chi connectivity index (χ0v) is 19.1. The molecule has 32 heavy (non-hydrogen) atoms. The number of piperidine rings is 2. The van der Waals surface area contributed by atoms with Crippen LogP contribution in [0.15, 0.2) is 18.2 Å². The average Bonchev–Trinajstić information content (AvgIpc) is 3.12. The van der Waals surface area contributed by atoms with Crippen molar-refractivity contribution in [2.24, 2.45) is 18.9 Å². The number of rotatable bonds is 4. The molecule has 4 heterocycles. The maximum atomic E-state index is 12.5. The topological polar surface area (TPSA) is 82.5 Å². The summed E-state index contributed by atoms with van der Waals surface area (Å²) in [5, 5.41) is 11.7. The van der Waals surface area contributed by atoms with E-state index in [1.807, 2.05) is 11.7 Å². The molecule has 2 aromatic rings. The SMILES string of the molecule is C[C@H]1CNCC[C@@H]1CN1CCN(c2cccc3c(C4CCC(=O)NC4=O)nn(C)c23)CC1. The van der Waals surface area contributed by atoms with Crippen LogP contribution in [0.2, 0.25) is 0 Å². The number of anilines is 1. The fourth-order valence-corrected chi connectivity index (χ4v) is 5.65. The molecule has 3 saturated heterocycles. The summed E-state index contributed by atoms with van der Waals surface area (Å²) in [6.45, 7) is 10.0. The Kier molecular flexibility index (Phi) is 5.90. The third-order valence-corrected chi connectivity index (χ3v) is 7.61. The second-order valence-electron chi connectivity index (χ2n) is 9.70. The Morgan fingerprint density at radius 3 is 2.69 bits per heavy atom. The number of benzene rings is 1. The van der Waals surface area contributed by atoms with Crippen molar-refractivity contribution in [3.63, 3.8) is 0 Å². The minimum Gasteiger partial charge on any atom is -0.367 e. The summed E-state index contributed by atoms with van der Waals surface area (Å²) in [5.74, 6) is 0.752. The smallest absolute Gasteiger partial charge is 0.235 e. The zero-order chi connectivity index (χ0) is 22.2. The molecule has 0 radical (unpaired) electrons. The number of hydrogen-bond acceptors (Lipinski definition) is 6. The Morgan fingerprint density at radius 1 is 1.12 bits per heavy atom. The standard InChI is InChI=1S/C24H34N6O2/c1-16-14-25-9-8-17(16)15-29-10-12-30(13-11-29)20-5-3-4-18-22(27-28(2)23(18)20)19-6-7-21(31)26-24(19)32/h3-5,16-17,19,25H,6-15H2,1-2H3,(H,26,31,32)/t16-,17+,19?/m0/s1. The van der Waals surface area contributed by atoms with Crippen molar-refractivity contribution in [3.05, 3.63) is 23.9 Å². The van der Waals surface area contributed by atoms with Crippen molar-refractivity contribution in [1.82, 2.24) is 25.3 Å². The first-order valence-corrected chi connectivity index (χ1v) is 12.0. The molecule has 3 aliphatic heterocycles. The van der Waals surface area contributed by atoms with Gasteiger partial charge in [0.2, 0.25) is 11.8 Å². The van der Waals surface area contributed by atoms with Crippen molar-refractivity contribution < 1.29 is 9.59 Å². The number of aromatic nitrogens is 2. The monoisotopic (exact) mass is 438 g/mol. The summed E-state index contributed by atoms with van der Waals surface area (Å²) in [7, 11) is 1.95. The third-order valence-electron chi connectivity index (χ3n) is 7.61. The average molecular weight is 439 g/mol. The van der Waals surface area contributed by atoms with Gasteiger partial charge in [0, 0.05) is 51.6 Å². The first kappa shape index (κ1) is 21.4. The number of imide groups is 1. The highest BCUT2D eigenvalue weighted by Crippen LogP contribution is 2.35. The van der Waals surface area contributed by atoms with E-state index < -0.39 is 0 Å². The Labute approximate surface area is 189 Å². The molecule has 1 aromatic carbocycles. The molecule has 0 aliphatic carbocycles. The first-order chi connectivity index (χ1) is 15.5. The minimum atomic E-state index is -0.365. The Bertz CT molecular complexity index is 1010. The molecule has 0 bridgehead atoms. The molecule has 3 aliphatic rings. The normalized spacial score (nSPS) is 27.7. The summed E-state index contributed by atoms with van der Waals surface area (Å²) in [6, 6.07) is 6.29. The Balaban J connectivity index is 1.33. The van der Waals surface area contributed by atoms with E-state index in [0.29, 0.717) is 12.8 Å². The molecule has 3 atom stereocenters.